The van der Waals surface area contributed by atoms with Crippen molar-refractivity contribution in [1.29, 1.82) is 0 Å². The molecular formula is C23H30N4O5S. The second kappa shape index (κ2) is 10.7. The fourth-order valence-electron chi connectivity index (χ4n) is 3.68. The smallest absolute Gasteiger partial charge is 0.335 e. The molecule has 0 aromatic heterocycles. The predicted molar refractivity (Wildman–Crippen MR) is 127 cm³/mol. The monoisotopic (exact) mass is 474 g/mol. The maximum absolute atomic E-state index is 13.0. The Morgan fingerprint density at radius 2 is 1.79 bits per heavy atom. The van der Waals surface area contributed by atoms with Crippen LogP contribution >= 0.6 is 0 Å². The summed E-state index contributed by atoms with van der Waals surface area (Å²) in [6.45, 7) is 7.18. The second-order valence-corrected chi connectivity index (χ2v) is 9.75. The minimum Gasteiger partial charge on any atom is -0.478 e. The Morgan fingerprint density at radius 3 is 2.42 bits per heavy atom. The first-order chi connectivity index (χ1) is 15.7. The third kappa shape index (κ3) is 6.45. The third-order valence-electron chi connectivity index (χ3n) is 5.44. The lowest BCUT2D eigenvalue weighted by Gasteiger charge is -2.36. The van der Waals surface area contributed by atoms with Crippen molar-refractivity contribution in [2.75, 3.05) is 48.9 Å². The molecule has 2 aromatic rings. The van der Waals surface area contributed by atoms with Crippen LogP contribution in [0, 0.1) is 6.92 Å². The fourth-order valence-corrected chi connectivity index (χ4v) is 4.85. The van der Waals surface area contributed by atoms with E-state index in [0.29, 0.717) is 45.0 Å². The zero-order valence-electron chi connectivity index (χ0n) is 18.9. The number of hydrogen-bond acceptors (Lipinski definition) is 6. The van der Waals surface area contributed by atoms with Gasteiger partial charge in [0.1, 0.15) is 0 Å². The number of carboxylic acids is 1. The summed E-state index contributed by atoms with van der Waals surface area (Å²) < 4.78 is 28.6. The van der Waals surface area contributed by atoms with E-state index < -0.39 is 16.0 Å². The molecule has 1 fully saturated rings. The first-order valence-corrected chi connectivity index (χ1v) is 12.4. The van der Waals surface area contributed by atoms with Gasteiger partial charge in [-0.1, -0.05) is 19.1 Å². The van der Waals surface area contributed by atoms with Gasteiger partial charge in [-0.25, -0.2) is 13.2 Å². The standard InChI is InChI=1S/C23H30N4O5S/c1-3-9-24-22(28)16-26-10-12-27(13-11-26)21-8-7-18(23(29)30)15-20(21)25-33(31,32)19-6-4-5-17(2)14-19/h4-8,14-15,25H,3,9-13,16H2,1-2H3,(H,24,28)(H,29,30). The van der Waals surface area contributed by atoms with E-state index >= 15 is 0 Å². The average Bonchev–Trinajstić information content (AvgIpc) is 2.78. The predicted octanol–water partition coefficient (Wildman–Crippen LogP) is 2.14. The van der Waals surface area contributed by atoms with E-state index in [1.54, 1.807) is 31.2 Å². The zero-order chi connectivity index (χ0) is 24.0. The molecule has 0 unspecified atom stereocenters. The number of nitrogens with zero attached hydrogens (tertiary/aromatic N) is 2. The van der Waals surface area contributed by atoms with Gasteiger partial charge in [-0.3, -0.25) is 14.4 Å². The number of carboxylic acid groups (broad SMARTS) is 1. The summed E-state index contributed by atoms with van der Waals surface area (Å²) in [5.74, 6) is -1.15. The molecule has 3 rings (SSSR count). The Balaban J connectivity index is 1.79. The summed E-state index contributed by atoms with van der Waals surface area (Å²) in [6, 6.07) is 11.0. The van der Waals surface area contributed by atoms with E-state index in [1.165, 1.54) is 18.2 Å². The van der Waals surface area contributed by atoms with Crippen LogP contribution in [0.4, 0.5) is 11.4 Å². The van der Waals surface area contributed by atoms with Crippen molar-refractivity contribution < 1.29 is 23.1 Å². The highest BCUT2D eigenvalue weighted by molar-refractivity contribution is 7.92. The molecule has 9 nitrogen and oxygen atoms in total. The van der Waals surface area contributed by atoms with Crippen molar-refractivity contribution in [3.8, 4) is 0 Å². The number of benzene rings is 2. The van der Waals surface area contributed by atoms with Gasteiger partial charge < -0.3 is 15.3 Å². The van der Waals surface area contributed by atoms with Crippen LogP contribution in [0.2, 0.25) is 0 Å². The SMILES string of the molecule is CCCNC(=O)CN1CCN(c2ccc(C(=O)O)cc2NS(=O)(=O)c2cccc(C)c2)CC1. The Morgan fingerprint density at radius 1 is 1.06 bits per heavy atom. The fraction of sp³-hybridized carbons (Fsp3) is 0.391. The molecule has 0 aliphatic carbocycles. The van der Waals surface area contributed by atoms with Gasteiger partial charge in [0.25, 0.3) is 10.0 Å². The van der Waals surface area contributed by atoms with Crippen LogP contribution in [0.1, 0.15) is 29.3 Å². The van der Waals surface area contributed by atoms with Gasteiger partial charge in [0, 0.05) is 32.7 Å². The second-order valence-electron chi connectivity index (χ2n) is 8.07. The maximum Gasteiger partial charge on any atom is 0.335 e. The highest BCUT2D eigenvalue weighted by Crippen LogP contribution is 2.30. The minimum atomic E-state index is -3.91. The Bertz CT molecular complexity index is 1110. The first-order valence-electron chi connectivity index (χ1n) is 10.9. The number of carbonyl (C=O) groups is 2. The number of piperazine rings is 1. The van der Waals surface area contributed by atoms with Gasteiger partial charge >= 0.3 is 5.97 Å². The molecule has 1 aliphatic heterocycles. The van der Waals surface area contributed by atoms with Gasteiger partial charge in [-0.05, 0) is 49.2 Å². The van der Waals surface area contributed by atoms with E-state index in [-0.39, 0.29) is 22.1 Å². The Kier molecular flexibility index (Phi) is 7.93. The quantitative estimate of drug-likeness (QED) is 0.509. The largest absolute Gasteiger partial charge is 0.478 e. The highest BCUT2D eigenvalue weighted by atomic mass is 32.2. The summed E-state index contributed by atoms with van der Waals surface area (Å²) in [6.07, 6.45) is 0.882. The van der Waals surface area contributed by atoms with Gasteiger partial charge in [0.2, 0.25) is 5.91 Å². The molecule has 1 heterocycles. The van der Waals surface area contributed by atoms with E-state index in [0.717, 1.165) is 12.0 Å². The highest BCUT2D eigenvalue weighted by Gasteiger charge is 2.24. The molecule has 2 aromatic carbocycles. The summed E-state index contributed by atoms with van der Waals surface area (Å²) in [4.78, 5) is 27.7. The first kappa shape index (κ1) is 24.5. The summed E-state index contributed by atoms with van der Waals surface area (Å²) in [7, 11) is -3.91. The topological polar surface area (TPSA) is 119 Å². The zero-order valence-corrected chi connectivity index (χ0v) is 19.7. The van der Waals surface area contributed by atoms with Crippen LogP contribution in [0.15, 0.2) is 47.4 Å². The summed E-state index contributed by atoms with van der Waals surface area (Å²) >= 11 is 0. The van der Waals surface area contributed by atoms with Gasteiger partial charge in [-0.2, -0.15) is 0 Å². The molecule has 1 amide bonds. The normalized spacial score (nSPS) is 14.7. The molecular weight excluding hydrogens is 444 g/mol. The number of amides is 1. The van der Waals surface area contributed by atoms with Crippen molar-refractivity contribution in [3.63, 3.8) is 0 Å². The van der Waals surface area contributed by atoms with Crippen LogP contribution in [0.25, 0.3) is 0 Å². The number of nitrogens with one attached hydrogen (secondary N) is 2. The molecule has 10 heteroatoms. The van der Waals surface area contributed by atoms with E-state index in [2.05, 4.69) is 10.0 Å². The van der Waals surface area contributed by atoms with Crippen LogP contribution in [-0.2, 0) is 14.8 Å². The molecule has 0 spiro atoms. The summed E-state index contributed by atoms with van der Waals surface area (Å²) in [5, 5.41) is 12.3. The number of aryl methyl sites for hydroxylation is 1. The number of anilines is 2. The van der Waals surface area contributed by atoms with Crippen molar-refractivity contribution in [3.05, 3.63) is 53.6 Å². The van der Waals surface area contributed by atoms with E-state index in [4.69, 9.17) is 0 Å². The number of carbonyl (C=O) groups excluding carboxylic acids is 1. The van der Waals surface area contributed by atoms with Gasteiger partial charge in [-0.15, -0.1) is 0 Å². The van der Waals surface area contributed by atoms with Crippen molar-refractivity contribution in [2.45, 2.75) is 25.2 Å². The lowest BCUT2D eigenvalue weighted by molar-refractivity contribution is -0.122. The van der Waals surface area contributed by atoms with Gasteiger partial charge in [0.15, 0.2) is 0 Å². The van der Waals surface area contributed by atoms with Crippen LogP contribution in [-0.4, -0.2) is 69.6 Å². The molecule has 0 radical (unpaired) electrons. The third-order valence-corrected chi connectivity index (χ3v) is 6.80. The number of hydrogen-bond donors (Lipinski definition) is 3. The molecule has 3 N–H and O–H groups in total. The number of aromatic carboxylic acids is 1. The Hall–Kier alpha value is -3.11. The molecule has 0 atom stereocenters. The molecule has 1 saturated heterocycles. The lowest BCUT2D eigenvalue weighted by Crippen LogP contribution is -2.49. The maximum atomic E-state index is 13.0. The van der Waals surface area contributed by atoms with E-state index in [9.17, 15) is 23.1 Å². The number of sulfonamides is 1. The average molecular weight is 475 g/mol. The van der Waals surface area contributed by atoms with Crippen molar-refractivity contribution in [1.82, 2.24) is 10.2 Å². The van der Waals surface area contributed by atoms with E-state index in [1.807, 2.05) is 16.7 Å². The molecule has 1 aliphatic rings. The number of rotatable bonds is 9. The molecule has 33 heavy (non-hydrogen) atoms. The Labute approximate surface area is 194 Å². The van der Waals surface area contributed by atoms with Crippen LogP contribution in [0.5, 0.6) is 0 Å². The molecule has 178 valence electrons. The van der Waals surface area contributed by atoms with Crippen LogP contribution < -0.4 is 14.9 Å². The van der Waals surface area contributed by atoms with Gasteiger partial charge in [0.05, 0.1) is 28.4 Å². The lowest BCUT2D eigenvalue weighted by atomic mass is 10.1. The molecule has 0 bridgehead atoms. The molecule has 0 saturated carbocycles. The van der Waals surface area contributed by atoms with Crippen molar-refractivity contribution >= 4 is 33.3 Å². The summed E-state index contributed by atoms with van der Waals surface area (Å²) in [5.41, 5.74) is 1.61. The minimum absolute atomic E-state index is 0.00748. The van der Waals surface area contributed by atoms with Crippen molar-refractivity contribution in [2.24, 2.45) is 0 Å². The van der Waals surface area contributed by atoms with Crippen LogP contribution in [0.3, 0.4) is 0 Å².